The summed E-state index contributed by atoms with van der Waals surface area (Å²) in [4.78, 5) is 12.5. The van der Waals surface area contributed by atoms with Crippen LogP contribution < -0.4 is 5.32 Å². The minimum Gasteiger partial charge on any atom is -0.356 e. The zero-order chi connectivity index (χ0) is 19.8. The first kappa shape index (κ1) is 21.7. The number of hydrogen-bond donors (Lipinski definition) is 1. The molecule has 0 aliphatic heterocycles. The molecule has 2 aliphatic carbocycles. The summed E-state index contributed by atoms with van der Waals surface area (Å²) >= 11 is 1.69. The summed E-state index contributed by atoms with van der Waals surface area (Å²) in [5.41, 5.74) is 0. The molecule has 0 radical (unpaired) electrons. The van der Waals surface area contributed by atoms with Crippen LogP contribution in [-0.2, 0) is 11.2 Å². The largest absolute Gasteiger partial charge is 0.356 e. The van der Waals surface area contributed by atoms with Crippen molar-refractivity contribution >= 4 is 17.7 Å². The van der Waals surface area contributed by atoms with Crippen LogP contribution in [0.15, 0.2) is 5.16 Å². The van der Waals surface area contributed by atoms with Crippen molar-refractivity contribution in [1.29, 1.82) is 0 Å². The lowest BCUT2D eigenvalue weighted by Crippen LogP contribution is -2.34. The van der Waals surface area contributed by atoms with E-state index in [4.69, 9.17) is 0 Å². The highest BCUT2D eigenvalue weighted by molar-refractivity contribution is 7.98. The van der Waals surface area contributed by atoms with Gasteiger partial charge in [-0.1, -0.05) is 50.8 Å². The molecule has 2 saturated carbocycles. The molecule has 1 aromatic rings. The van der Waals surface area contributed by atoms with Crippen LogP contribution in [0.5, 0.6) is 0 Å². The second-order valence-corrected chi connectivity index (χ2v) is 9.44. The summed E-state index contributed by atoms with van der Waals surface area (Å²) in [5.74, 6) is 2.47. The Labute approximate surface area is 174 Å². The molecule has 3 rings (SSSR count). The van der Waals surface area contributed by atoms with Gasteiger partial charge in [0.2, 0.25) is 5.91 Å². The van der Waals surface area contributed by atoms with Gasteiger partial charge < -0.3 is 9.88 Å². The van der Waals surface area contributed by atoms with Gasteiger partial charge in [-0.2, -0.15) is 0 Å². The van der Waals surface area contributed by atoms with Gasteiger partial charge in [-0.05, 0) is 57.1 Å². The molecule has 1 amide bonds. The maximum atomic E-state index is 12.5. The summed E-state index contributed by atoms with van der Waals surface area (Å²) in [7, 11) is 0. The maximum absolute atomic E-state index is 12.5. The van der Waals surface area contributed by atoms with Crippen LogP contribution >= 0.6 is 11.8 Å². The van der Waals surface area contributed by atoms with E-state index in [9.17, 15) is 4.79 Å². The summed E-state index contributed by atoms with van der Waals surface area (Å²) in [6.45, 7) is 3.01. The highest BCUT2D eigenvalue weighted by Gasteiger charge is 2.26. The van der Waals surface area contributed by atoms with Gasteiger partial charge in [0.1, 0.15) is 5.82 Å². The molecule has 1 N–H and O–H groups in total. The Balaban J connectivity index is 1.39. The molecule has 5 nitrogen and oxygen atoms in total. The fourth-order valence-corrected chi connectivity index (χ4v) is 5.53. The third kappa shape index (κ3) is 5.74. The second-order valence-electron chi connectivity index (χ2n) is 8.67. The van der Waals surface area contributed by atoms with Crippen molar-refractivity contribution in [3.8, 4) is 0 Å². The molecule has 0 bridgehead atoms. The fraction of sp³-hybridized carbons (Fsp3) is 0.864. The zero-order valence-corrected chi connectivity index (χ0v) is 18.6. The van der Waals surface area contributed by atoms with Gasteiger partial charge in [0, 0.05) is 24.9 Å². The molecule has 1 aromatic heterocycles. The number of amides is 1. The number of nitrogens with one attached hydrogen (secondary N) is 1. The standard InChI is InChI=1S/C22H38N4OS/c1-3-4-8-17-12-14-18(15-13-17)21(27)23-16-7-11-20-24-25-22(28-2)26(20)19-9-5-6-10-19/h17-19H,3-16H2,1-2H3,(H,23,27). The Kier molecular flexibility index (Phi) is 8.68. The van der Waals surface area contributed by atoms with E-state index in [2.05, 4.69) is 33.3 Å². The highest BCUT2D eigenvalue weighted by Crippen LogP contribution is 2.34. The van der Waals surface area contributed by atoms with Crippen LogP contribution in [0, 0.1) is 11.8 Å². The number of nitrogens with zero attached hydrogens (tertiary/aromatic N) is 3. The molecular weight excluding hydrogens is 368 g/mol. The normalized spacial score (nSPS) is 23.2. The molecule has 0 aromatic carbocycles. The van der Waals surface area contributed by atoms with E-state index < -0.39 is 0 Å². The van der Waals surface area contributed by atoms with Crippen molar-refractivity contribution in [2.45, 2.75) is 102 Å². The van der Waals surface area contributed by atoms with Crippen molar-refractivity contribution in [1.82, 2.24) is 20.1 Å². The average Bonchev–Trinajstić information content (AvgIpc) is 3.39. The Morgan fingerprint density at radius 2 is 1.86 bits per heavy atom. The fourth-order valence-electron chi connectivity index (χ4n) is 4.95. The summed E-state index contributed by atoms with van der Waals surface area (Å²) in [6, 6.07) is 0.574. The molecule has 158 valence electrons. The predicted octanol–water partition coefficient (Wildman–Crippen LogP) is 5.16. The Morgan fingerprint density at radius 1 is 1.11 bits per heavy atom. The first-order valence-corrected chi connectivity index (χ1v) is 12.7. The number of carbonyl (C=O) groups excluding carboxylic acids is 1. The van der Waals surface area contributed by atoms with Crippen molar-refractivity contribution in [3.05, 3.63) is 5.82 Å². The monoisotopic (exact) mass is 406 g/mol. The van der Waals surface area contributed by atoms with Crippen LogP contribution in [0.3, 0.4) is 0 Å². The molecule has 0 saturated heterocycles. The van der Waals surface area contributed by atoms with Crippen LogP contribution in [-0.4, -0.2) is 33.5 Å². The van der Waals surface area contributed by atoms with Gasteiger partial charge in [-0.15, -0.1) is 10.2 Å². The van der Waals surface area contributed by atoms with E-state index >= 15 is 0 Å². The summed E-state index contributed by atoms with van der Waals surface area (Å²) < 4.78 is 2.37. The number of hydrogen-bond acceptors (Lipinski definition) is 4. The van der Waals surface area contributed by atoms with Crippen LogP contribution in [0.4, 0.5) is 0 Å². The molecular formula is C22H38N4OS. The molecule has 0 unspecified atom stereocenters. The lowest BCUT2D eigenvalue weighted by molar-refractivity contribution is -0.126. The van der Waals surface area contributed by atoms with Gasteiger partial charge in [-0.3, -0.25) is 4.79 Å². The molecule has 28 heavy (non-hydrogen) atoms. The SMILES string of the molecule is CCCCC1CCC(C(=O)NCCCc2nnc(SC)n2C2CCCC2)CC1. The van der Waals surface area contributed by atoms with Gasteiger partial charge in [0.15, 0.2) is 5.16 Å². The topological polar surface area (TPSA) is 59.8 Å². The first-order valence-electron chi connectivity index (χ1n) is 11.5. The molecule has 0 atom stereocenters. The predicted molar refractivity (Wildman–Crippen MR) is 116 cm³/mol. The Bertz CT molecular complexity index is 604. The lowest BCUT2D eigenvalue weighted by Gasteiger charge is -2.27. The Morgan fingerprint density at radius 3 is 2.54 bits per heavy atom. The number of aryl methyl sites for hydroxylation is 1. The number of rotatable bonds is 10. The third-order valence-corrected chi connectivity index (χ3v) is 7.31. The first-order chi connectivity index (χ1) is 13.7. The van der Waals surface area contributed by atoms with E-state index in [1.54, 1.807) is 11.8 Å². The molecule has 1 heterocycles. The highest BCUT2D eigenvalue weighted by atomic mass is 32.2. The Hall–Kier alpha value is -1.04. The van der Waals surface area contributed by atoms with Crippen molar-refractivity contribution in [3.63, 3.8) is 0 Å². The van der Waals surface area contributed by atoms with Gasteiger partial charge in [-0.25, -0.2) is 0 Å². The van der Waals surface area contributed by atoms with Crippen LogP contribution in [0.2, 0.25) is 0 Å². The lowest BCUT2D eigenvalue weighted by atomic mass is 9.79. The van der Waals surface area contributed by atoms with Crippen LogP contribution in [0.25, 0.3) is 0 Å². The molecule has 2 aliphatic rings. The smallest absolute Gasteiger partial charge is 0.223 e. The van der Waals surface area contributed by atoms with E-state index in [0.717, 1.165) is 49.1 Å². The average molecular weight is 407 g/mol. The zero-order valence-electron chi connectivity index (χ0n) is 17.8. The van der Waals surface area contributed by atoms with E-state index in [1.165, 1.54) is 57.8 Å². The third-order valence-electron chi connectivity index (χ3n) is 6.67. The second kappa shape index (κ2) is 11.2. The molecule has 0 spiro atoms. The summed E-state index contributed by atoms with van der Waals surface area (Å²) in [6.07, 6.45) is 17.6. The van der Waals surface area contributed by atoms with E-state index in [-0.39, 0.29) is 11.8 Å². The number of unbranched alkanes of at least 4 members (excludes halogenated alkanes) is 1. The number of carbonyl (C=O) groups is 1. The molecule has 2 fully saturated rings. The molecule has 6 heteroatoms. The maximum Gasteiger partial charge on any atom is 0.223 e. The van der Waals surface area contributed by atoms with Crippen molar-refractivity contribution < 1.29 is 4.79 Å². The van der Waals surface area contributed by atoms with Gasteiger partial charge in [0.25, 0.3) is 0 Å². The van der Waals surface area contributed by atoms with Gasteiger partial charge in [0.05, 0.1) is 0 Å². The quantitative estimate of drug-likeness (QED) is 0.431. The van der Waals surface area contributed by atoms with E-state index in [1.807, 2.05) is 0 Å². The summed E-state index contributed by atoms with van der Waals surface area (Å²) in [5, 5.41) is 13.1. The van der Waals surface area contributed by atoms with Crippen molar-refractivity contribution in [2.24, 2.45) is 11.8 Å². The number of thioether (sulfide) groups is 1. The minimum atomic E-state index is 0.239. The van der Waals surface area contributed by atoms with Crippen LogP contribution in [0.1, 0.15) is 95.8 Å². The van der Waals surface area contributed by atoms with Crippen molar-refractivity contribution in [2.75, 3.05) is 12.8 Å². The van der Waals surface area contributed by atoms with E-state index in [0.29, 0.717) is 6.04 Å². The van der Waals surface area contributed by atoms with Gasteiger partial charge >= 0.3 is 0 Å². The minimum absolute atomic E-state index is 0.239. The number of aromatic nitrogens is 3.